The summed E-state index contributed by atoms with van der Waals surface area (Å²) in [4.78, 5) is 12.6. The van der Waals surface area contributed by atoms with Crippen molar-refractivity contribution >= 4 is 21.8 Å². The molecule has 0 N–H and O–H groups in total. The van der Waals surface area contributed by atoms with Gasteiger partial charge in [-0.05, 0) is 74.8 Å². The van der Waals surface area contributed by atoms with Gasteiger partial charge in [0.1, 0.15) is 0 Å². The maximum Gasteiger partial charge on any atom is 0.0786 e. The number of aryl methyl sites for hydroxylation is 1. The molecule has 1 atom stereocenters. The van der Waals surface area contributed by atoms with Crippen molar-refractivity contribution in [2.45, 2.75) is 77.4 Å². The Morgan fingerprint density at radius 1 is 0.941 bits per heavy atom. The van der Waals surface area contributed by atoms with E-state index in [1.165, 1.54) is 83.7 Å². The zero-order valence-corrected chi connectivity index (χ0v) is 20.4. The maximum absolute atomic E-state index is 5.03. The van der Waals surface area contributed by atoms with Gasteiger partial charge in [0.25, 0.3) is 0 Å². The highest BCUT2D eigenvalue weighted by atomic mass is 15.2. The molecule has 0 aliphatic heterocycles. The van der Waals surface area contributed by atoms with Crippen LogP contribution in [0.1, 0.15) is 74.9 Å². The van der Waals surface area contributed by atoms with Gasteiger partial charge in [0, 0.05) is 41.8 Å². The number of pyridine rings is 2. The van der Waals surface area contributed by atoms with Crippen molar-refractivity contribution in [3.8, 4) is 0 Å². The molecular formula is C30H36N4. The maximum atomic E-state index is 5.03. The summed E-state index contributed by atoms with van der Waals surface area (Å²) in [5.41, 5.74) is 6.69. The first-order valence-corrected chi connectivity index (χ1v) is 13.4. The van der Waals surface area contributed by atoms with E-state index < -0.39 is 0 Å². The predicted molar refractivity (Wildman–Crippen MR) is 140 cm³/mol. The SMILES string of the molecule is CCCCCN(Cc1nccc2c3ccccc3n(CC3CC3)c12)C1CCCc2cccnc21. The van der Waals surface area contributed by atoms with Crippen molar-refractivity contribution < 1.29 is 0 Å². The summed E-state index contributed by atoms with van der Waals surface area (Å²) >= 11 is 0. The Hall–Kier alpha value is -2.72. The zero-order valence-electron chi connectivity index (χ0n) is 20.4. The van der Waals surface area contributed by atoms with Crippen LogP contribution in [0.4, 0.5) is 0 Å². The number of aromatic nitrogens is 3. The minimum absolute atomic E-state index is 0.389. The molecule has 34 heavy (non-hydrogen) atoms. The standard InChI is InChI=1S/C30H36N4/c1-2-3-6-19-33(28-13-7-9-23-10-8-17-32-29(23)28)21-26-30-25(16-18-31-26)24-11-4-5-12-27(24)34(30)20-22-14-15-22/h4-5,8,10-12,16-18,22,28H,2-3,6-7,9,13-15,19-21H2,1H3. The second-order valence-electron chi connectivity index (χ2n) is 10.4. The quantitative estimate of drug-likeness (QED) is 0.255. The van der Waals surface area contributed by atoms with Gasteiger partial charge >= 0.3 is 0 Å². The van der Waals surface area contributed by atoms with E-state index in [1.54, 1.807) is 0 Å². The number of benzene rings is 1. The minimum Gasteiger partial charge on any atom is -0.339 e. The van der Waals surface area contributed by atoms with Gasteiger partial charge in [0.2, 0.25) is 0 Å². The number of nitrogens with zero attached hydrogens (tertiary/aromatic N) is 4. The lowest BCUT2D eigenvalue weighted by atomic mass is 9.90. The highest BCUT2D eigenvalue weighted by Crippen LogP contribution is 2.38. The van der Waals surface area contributed by atoms with Crippen LogP contribution in [0.2, 0.25) is 0 Å². The Labute approximate surface area is 203 Å². The number of unbranched alkanes of at least 4 members (excludes halogenated alkanes) is 2. The van der Waals surface area contributed by atoms with Gasteiger partial charge < -0.3 is 4.57 Å². The molecule has 4 aromatic rings. The summed E-state index contributed by atoms with van der Waals surface area (Å²) in [6, 6.07) is 15.9. The Kier molecular flexibility index (Phi) is 6.09. The molecule has 0 spiro atoms. The molecule has 0 bridgehead atoms. The highest BCUT2D eigenvalue weighted by Gasteiger charge is 2.29. The largest absolute Gasteiger partial charge is 0.339 e. The number of fused-ring (bicyclic) bond motifs is 4. The van der Waals surface area contributed by atoms with E-state index in [-0.39, 0.29) is 0 Å². The third-order valence-corrected chi connectivity index (χ3v) is 7.90. The third-order valence-electron chi connectivity index (χ3n) is 7.90. The fourth-order valence-corrected chi connectivity index (χ4v) is 5.98. The molecule has 4 nitrogen and oxygen atoms in total. The van der Waals surface area contributed by atoms with Crippen LogP contribution in [0.5, 0.6) is 0 Å². The van der Waals surface area contributed by atoms with E-state index in [4.69, 9.17) is 9.97 Å². The first-order chi connectivity index (χ1) is 16.8. The molecule has 1 fully saturated rings. The van der Waals surface area contributed by atoms with Gasteiger partial charge in [0.15, 0.2) is 0 Å². The second kappa shape index (κ2) is 9.50. The fraction of sp³-hybridized carbons (Fsp3) is 0.467. The number of hydrogen-bond donors (Lipinski definition) is 0. The molecule has 0 amide bonds. The molecule has 2 aliphatic rings. The lowest BCUT2D eigenvalue weighted by Crippen LogP contribution is -2.33. The number of rotatable bonds is 9. The van der Waals surface area contributed by atoms with Crippen LogP contribution in [0, 0.1) is 5.92 Å². The average molecular weight is 453 g/mol. The normalized spacial score (nSPS) is 18.1. The Bertz CT molecular complexity index is 1290. The average Bonchev–Trinajstić information content (AvgIpc) is 3.65. The molecular weight excluding hydrogens is 416 g/mol. The molecule has 1 aromatic carbocycles. The third kappa shape index (κ3) is 4.13. The summed E-state index contributed by atoms with van der Waals surface area (Å²) < 4.78 is 2.59. The summed E-state index contributed by atoms with van der Waals surface area (Å²) in [6.07, 6.45) is 14.1. The molecule has 1 saturated carbocycles. The van der Waals surface area contributed by atoms with E-state index >= 15 is 0 Å². The zero-order chi connectivity index (χ0) is 22.9. The number of hydrogen-bond acceptors (Lipinski definition) is 3. The molecule has 2 aliphatic carbocycles. The van der Waals surface area contributed by atoms with Gasteiger partial charge in [-0.25, -0.2) is 0 Å². The number of para-hydroxylation sites is 1. The predicted octanol–water partition coefficient (Wildman–Crippen LogP) is 7.06. The molecule has 1 unspecified atom stereocenters. The second-order valence-corrected chi connectivity index (χ2v) is 10.4. The van der Waals surface area contributed by atoms with Crippen LogP contribution < -0.4 is 0 Å². The lowest BCUT2D eigenvalue weighted by Gasteiger charge is -2.35. The lowest BCUT2D eigenvalue weighted by molar-refractivity contribution is 0.161. The fourth-order valence-electron chi connectivity index (χ4n) is 5.98. The molecule has 3 aromatic heterocycles. The molecule has 0 radical (unpaired) electrons. The van der Waals surface area contributed by atoms with Crippen LogP contribution in [0.3, 0.4) is 0 Å². The first-order valence-electron chi connectivity index (χ1n) is 13.4. The van der Waals surface area contributed by atoms with Crippen molar-refractivity contribution in [2.24, 2.45) is 5.92 Å². The van der Waals surface area contributed by atoms with Crippen LogP contribution in [-0.2, 0) is 19.5 Å². The van der Waals surface area contributed by atoms with Crippen LogP contribution in [0.25, 0.3) is 21.8 Å². The molecule has 4 heteroatoms. The highest BCUT2D eigenvalue weighted by molar-refractivity contribution is 6.08. The summed E-state index contributed by atoms with van der Waals surface area (Å²) in [7, 11) is 0. The van der Waals surface area contributed by atoms with Crippen molar-refractivity contribution in [1.82, 2.24) is 19.4 Å². The van der Waals surface area contributed by atoms with E-state index in [2.05, 4.69) is 58.9 Å². The van der Waals surface area contributed by atoms with E-state index in [9.17, 15) is 0 Å². The van der Waals surface area contributed by atoms with Gasteiger partial charge in [-0.15, -0.1) is 0 Å². The van der Waals surface area contributed by atoms with Crippen molar-refractivity contribution in [3.05, 3.63) is 71.8 Å². The summed E-state index contributed by atoms with van der Waals surface area (Å²) in [5.74, 6) is 0.821. The Morgan fingerprint density at radius 2 is 1.85 bits per heavy atom. The molecule has 6 rings (SSSR count). The topological polar surface area (TPSA) is 34.0 Å². The smallest absolute Gasteiger partial charge is 0.0786 e. The van der Waals surface area contributed by atoms with E-state index in [1.807, 2.05) is 12.4 Å². The van der Waals surface area contributed by atoms with Crippen LogP contribution >= 0.6 is 0 Å². The minimum atomic E-state index is 0.389. The monoisotopic (exact) mass is 452 g/mol. The van der Waals surface area contributed by atoms with Crippen molar-refractivity contribution in [3.63, 3.8) is 0 Å². The van der Waals surface area contributed by atoms with Gasteiger partial charge in [-0.3, -0.25) is 14.9 Å². The summed E-state index contributed by atoms with van der Waals surface area (Å²) in [5, 5.41) is 2.72. The Morgan fingerprint density at radius 3 is 2.74 bits per heavy atom. The Balaban J connectivity index is 1.42. The molecule has 0 saturated heterocycles. The molecule has 3 heterocycles. The van der Waals surface area contributed by atoms with Gasteiger partial charge in [0.05, 0.1) is 22.9 Å². The van der Waals surface area contributed by atoms with Crippen molar-refractivity contribution in [2.75, 3.05) is 6.54 Å². The van der Waals surface area contributed by atoms with Crippen molar-refractivity contribution in [1.29, 1.82) is 0 Å². The van der Waals surface area contributed by atoms with E-state index in [0.717, 1.165) is 32.0 Å². The van der Waals surface area contributed by atoms with Gasteiger partial charge in [-0.1, -0.05) is 44.0 Å². The first kappa shape index (κ1) is 21.8. The van der Waals surface area contributed by atoms with Gasteiger partial charge in [-0.2, -0.15) is 0 Å². The molecule has 176 valence electrons. The van der Waals surface area contributed by atoms with Crippen LogP contribution in [0.15, 0.2) is 54.9 Å². The van der Waals surface area contributed by atoms with Crippen LogP contribution in [-0.4, -0.2) is 26.0 Å². The van der Waals surface area contributed by atoms with E-state index in [0.29, 0.717) is 6.04 Å². The summed E-state index contributed by atoms with van der Waals surface area (Å²) in [6.45, 7) is 5.41.